The fourth-order valence-electron chi connectivity index (χ4n) is 1.27. The van der Waals surface area contributed by atoms with Crippen molar-refractivity contribution in [3.8, 4) is 0 Å². The van der Waals surface area contributed by atoms with Gasteiger partial charge in [0, 0.05) is 5.19 Å². The Balaban J connectivity index is 3.71. The molecule has 0 bridgehead atoms. The number of benzene rings is 1. The van der Waals surface area contributed by atoms with Crippen molar-refractivity contribution >= 4 is 13.3 Å². The second-order valence-electron chi connectivity index (χ2n) is 3.87. The molecule has 0 atom stereocenters. The molecule has 1 aromatic carbocycles. The van der Waals surface area contributed by atoms with Crippen molar-refractivity contribution in [2.75, 3.05) is 0 Å². The minimum Gasteiger partial charge on any atom is -0.204 e. The maximum atomic E-state index is 13.4. The van der Waals surface area contributed by atoms with Gasteiger partial charge in [-0.15, -0.1) is 6.58 Å². The Hall–Kier alpha value is -1.17. The first-order chi connectivity index (χ1) is 7.24. The zero-order valence-corrected chi connectivity index (χ0v) is 9.67. The van der Waals surface area contributed by atoms with Crippen LogP contribution >= 0.6 is 0 Å². The second-order valence-corrected chi connectivity index (χ2v) is 8.22. The average Bonchev–Trinajstić information content (AvgIpc) is 2.23. The van der Waals surface area contributed by atoms with Crippen LogP contribution in [0, 0.1) is 29.1 Å². The van der Waals surface area contributed by atoms with Gasteiger partial charge in [-0.1, -0.05) is 18.8 Å². The lowest BCUT2D eigenvalue weighted by atomic mass is 10.3. The lowest BCUT2D eigenvalue weighted by molar-refractivity contribution is 0.383. The molecule has 0 aliphatic carbocycles. The molecule has 0 amide bonds. The molecule has 0 nitrogen and oxygen atoms in total. The van der Waals surface area contributed by atoms with Gasteiger partial charge >= 0.3 is 0 Å². The fraction of sp³-hybridized carbons (Fsp3) is 0.200. The van der Waals surface area contributed by atoms with Crippen LogP contribution in [0.1, 0.15) is 0 Å². The summed E-state index contributed by atoms with van der Waals surface area (Å²) < 4.78 is 65.2. The SMILES string of the molecule is C=C[Si](C)(C)c1c(F)c(F)c(F)c(F)c1F. The van der Waals surface area contributed by atoms with Crippen molar-refractivity contribution in [1.29, 1.82) is 0 Å². The molecule has 16 heavy (non-hydrogen) atoms. The van der Waals surface area contributed by atoms with Crippen molar-refractivity contribution < 1.29 is 22.0 Å². The highest BCUT2D eigenvalue weighted by Crippen LogP contribution is 2.19. The largest absolute Gasteiger partial charge is 0.204 e. The van der Waals surface area contributed by atoms with Crippen molar-refractivity contribution in [2.24, 2.45) is 0 Å². The van der Waals surface area contributed by atoms with Gasteiger partial charge in [0.1, 0.15) is 8.07 Å². The maximum Gasteiger partial charge on any atom is 0.200 e. The van der Waals surface area contributed by atoms with Gasteiger partial charge < -0.3 is 0 Å². The molecule has 1 rings (SSSR count). The molecule has 0 saturated carbocycles. The Morgan fingerprint density at radius 2 is 1.12 bits per heavy atom. The molecule has 0 aliphatic heterocycles. The van der Waals surface area contributed by atoms with Gasteiger partial charge in [-0.2, -0.15) is 0 Å². The van der Waals surface area contributed by atoms with Crippen molar-refractivity contribution in [2.45, 2.75) is 13.1 Å². The van der Waals surface area contributed by atoms with E-state index in [-0.39, 0.29) is 0 Å². The zero-order chi connectivity index (χ0) is 12.7. The van der Waals surface area contributed by atoms with Gasteiger partial charge in [0.05, 0.1) is 0 Å². The van der Waals surface area contributed by atoms with Crippen LogP contribution in [0.5, 0.6) is 0 Å². The van der Waals surface area contributed by atoms with E-state index in [2.05, 4.69) is 6.58 Å². The molecule has 0 radical (unpaired) electrons. The summed E-state index contributed by atoms with van der Waals surface area (Å²) in [5.41, 5.74) is 1.26. The molecule has 88 valence electrons. The molecule has 0 fully saturated rings. The molecular formula is C10H9F5Si. The lowest BCUT2D eigenvalue weighted by Gasteiger charge is -2.20. The van der Waals surface area contributed by atoms with Crippen LogP contribution in [0.2, 0.25) is 13.1 Å². The molecule has 0 spiro atoms. The third-order valence-electron chi connectivity index (χ3n) is 2.36. The normalized spacial score (nSPS) is 11.7. The fourth-order valence-corrected chi connectivity index (χ4v) is 2.83. The highest BCUT2D eigenvalue weighted by Gasteiger charge is 2.34. The van der Waals surface area contributed by atoms with E-state index >= 15 is 0 Å². The van der Waals surface area contributed by atoms with Crippen LogP contribution in [0.3, 0.4) is 0 Å². The lowest BCUT2D eigenvalue weighted by Crippen LogP contribution is -2.45. The van der Waals surface area contributed by atoms with Crippen LogP contribution in [-0.4, -0.2) is 8.07 Å². The summed E-state index contributed by atoms with van der Waals surface area (Å²) in [5.74, 6) is -9.46. The minimum atomic E-state index is -2.86. The van der Waals surface area contributed by atoms with Gasteiger partial charge in [-0.05, 0) is 0 Å². The monoisotopic (exact) mass is 252 g/mol. The van der Waals surface area contributed by atoms with E-state index in [1.54, 1.807) is 0 Å². The summed E-state index contributed by atoms with van der Waals surface area (Å²) in [4.78, 5) is 0. The topological polar surface area (TPSA) is 0 Å². The number of hydrogen-bond acceptors (Lipinski definition) is 0. The minimum absolute atomic E-state index is 0.737. The first-order valence-electron chi connectivity index (χ1n) is 4.39. The summed E-state index contributed by atoms with van der Waals surface area (Å²) in [6.45, 7) is 6.25. The predicted octanol–water partition coefficient (Wildman–Crippen LogP) is 3.02. The number of hydrogen-bond donors (Lipinski definition) is 0. The summed E-state index contributed by atoms with van der Waals surface area (Å²) in [5, 5.41) is -0.737. The molecule has 0 aromatic heterocycles. The van der Waals surface area contributed by atoms with Gasteiger partial charge in [-0.3, -0.25) is 0 Å². The molecule has 1 aromatic rings. The van der Waals surface area contributed by atoms with Crippen LogP contribution in [0.15, 0.2) is 12.3 Å². The predicted molar refractivity (Wildman–Crippen MR) is 53.5 cm³/mol. The summed E-state index contributed by atoms with van der Waals surface area (Å²) in [6.07, 6.45) is 0. The van der Waals surface area contributed by atoms with Crippen LogP contribution in [-0.2, 0) is 0 Å². The molecular weight excluding hydrogens is 243 g/mol. The Labute approximate surface area is 90.4 Å². The van der Waals surface area contributed by atoms with E-state index in [4.69, 9.17) is 0 Å². The van der Waals surface area contributed by atoms with Crippen LogP contribution in [0.25, 0.3) is 0 Å². The van der Waals surface area contributed by atoms with E-state index in [1.165, 1.54) is 18.8 Å². The van der Waals surface area contributed by atoms with E-state index in [0.29, 0.717) is 0 Å². The van der Waals surface area contributed by atoms with Crippen LogP contribution < -0.4 is 5.19 Å². The first kappa shape index (κ1) is 12.9. The number of rotatable bonds is 2. The highest BCUT2D eigenvalue weighted by atomic mass is 28.3. The van der Waals surface area contributed by atoms with Crippen LogP contribution in [0.4, 0.5) is 22.0 Å². The summed E-state index contributed by atoms with van der Waals surface area (Å²) in [6, 6.07) is 0. The third kappa shape index (κ3) is 1.77. The van der Waals surface area contributed by atoms with E-state index in [1.807, 2.05) is 0 Å². The van der Waals surface area contributed by atoms with Crippen molar-refractivity contribution in [1.82, 2.24) is 0 Å². The standard InChI is InChI=1S/C10H9F5Si/c1-4-16(2,3)10-8(14)6(12)5(11)7(13)9(10)15/h4H,1H2,2-3H3. The van der Waals surface area contributed by atoms with Gasteiger partial charge in [0.25, 0.3) is 0 Å². The molecule has 0 saturated heterocycles. The quantitative estimate of drug-likeness (QED) is 0.328. The second kappa shape index (κ2) is 4.01. The molecule has 0 unspecified atom stereocenters. The van der Waals surface area contributed by atoms with Crippen molar-refractivity contribution in [3.05, 3.63) is 41.4 Å². The molecule has 0 heterocycles. The Kier molecular flexibility index (Phi) is 3.23. The Morgan fingerprint density at radius 3 is 1.44 bits per heavy atom. The Bertz CT molecular complexity index is 424. The van der Waals surface area contributed by atoms with Gasteiger partial charge in [0.2, 0.25) is 5.82 Å². The first-order valence-corrected chi connectivity index (χ1v) is 7.47. The van der Waals surface area contributed by atoms with Gasteiger partial charge in [-0.25, -0.2) is 22.0 Å². The van der Waals surface area contributed by atoms with E-state index < -0.39 is 42.3 Å². The third-order valence-corrected chi connectivity index (χ3v) is 5.11. The molecule has 0 N–H and O–H groups in total. The average molecular weight is 252 g/mol. The van der Waals surface area contributed by atoms with Gasteiger partial charge in [0.15, 0.2) is 23.3 Å². The highest BCUT2D eigenvalue weighted by molar-refractivity contribution is 6.94. The summed E-state index contributed by atoms with van der Waals surface area (Å²) in [7, 11) is -2.86. The summed E-state index contributed by atoms with van der Waals surface area (Å²) >= 11 is 0. The molecule has 6 heteroatoms. The Morgan fingerprint density at radius 1 is 0.812 bits per heavy atom. The smallest absolute Gasteiger partial charge is 0.200 e. The zero-order valence-electron chi connectivity index (χ0n) is 8.67. The molecule has 0 aliphatic rings. The maximum absolute atomic E-state index is 13.4. The van der Waals surface area contributed by atoms with E-state index in [9.17, 15) is 22.0 Å². The van der Waals surface area contributed by atoms with E-state index in [0.717, 1.165) is 0 Å². The van der Waals surface area contributed by atoms with Crippen molar-refractivity contribution in [3.63, 3.8) is 0 Å². The number of halogens is 5.